The predicted octanol–water partition coefficient (Wildman–Crippen LogP) is 9.25. The minimum Gasteiger partial charge on any atom is -0.495 e. The molecule has 0 aliphatic carbocycles. The number of hydrogen-bond donors (Lipinski definition) is 1. The van der Waals surface area contributed by atoms with Gasteiger partial charge in [0.05, 0.1) is 42.5 Å². The molecule has 4 aromatic carbocycles. The van der Waals surface area contributed by atoms with E-state index in [1.165, 1.54) is 50.5 Å². The van der Waals surface area contributed by atoms with Crippen molar-refractivity contribution in [2.45, 2.75) is 102 Å². The van der Waals surface area contributed by atoms with Crippen LogP contribution in [0.4, 0.5) is 10.5 Å². The first-order valence-electron chi connectivity index (χ1n) is 24.2. The Morgan fingerprint density at radius 2 is 1.58 bits per heavy atom. The zero-order valence-corrected chi connectivity index (χ0v) is 40.1. The quantitative estimate of drug-likeness (QED) is 0.0751. The van der Waals surface area contributed by atoms with Gasteiger partial charge < -0.3 is 23.8 Å². The Bertz CT molecular complexity index is 2480. The highest BCUT2D eigenvalue weighted by atomic mass is 32.2. The monoisotopic (exact) mass is 930 g/mol. The average molecular weight is 931 g/mol. The Kier molecular flexibility index (Phi) is 16.8. The molecular weight excluding hydrogens is 865 g/mol. The summed E-state index contributed by atoms with van der Waals surface area (Å²) in [5.74, 6) is 4.63. The molecule has 2 bridgehead atoms. The van der Waals surface area contributed by atoms with E-state index < -0.39 is 6.09 Å². The van der Waals surface area contributed by atoms with Crippen molar-refractivity contribution in [3.8, 4) is 22.9 Å². The Hall–Kier alpha value is -5.57. The zero-order valence-electron chi connectivity index (χ0n) is 39.3. The molecule has 3 aliphatic heterocycles. The van der Waals surface area contributed by atoms with Gasteiger partial charge in [0.2, 0.25) is 0 Å². The number of rotatable bonds is 20. The number of piperidine rings is 2. The van der Waals surface area contributed by atoms with Crippen LogP contribution in [0.5, 0.6) is 17.2 Å². The Morgan fingerprint density at radius 3 is 2.36 bits per heavy atom. The first-order chi connectivity index (χ1) is 32.8. The van der Waals surface area contributed by atoms with Gasteiger partial charge in [-0.1, -0.05) is 61.7 Å². The van der Waals surface area contributed by atoms with Crippen LogP contribution < -0.4 is 25.1 Å². The minimum absolute atomic E-state index is 0.00783. The van der Waals surface area contributed by atoms with Crippen LogP contribution in [-0.4, -0.2) is 113 Å². The van der Waals surface area contributed by atoms with Gasteiger partial charge in [-0.3, -0.25) is 29.3 Å². The standard InChI is InChI=1S/C53H66N6O7S/c1-4-64-49-19-10-9-18-47(49)59-50(54-45-17-8-7-16-44(45)52(59)61)35-56-27-29-57(30-28-56)51(60)36-65-42-23-21-39(22-24-42)37-67-31-12-6-5-11-26-58-40-14-13-15-41(58)34-43(33-40)66-53(62)55-46-32-38(2)20-25-48(46)63-3/h7-10,16-25,32,40-41,43H,4-6,11-15,26-31,33-37H2,1-3H3,(H,55,62). The van der Waals surface area contributed by atoms with Crippen molar-refractivity contribution in [1.82, 2.24) is 24.3 Å². The number of para-hydroxylation sites is 3. The molecule has 0 spiro atoms. The molecule has 13 nitrogen and oxygen atoms in total. The average Bonchev–Trinajstić information content (AvgIpc) is 3.33. The fourth-order valence-corrected chi connectivity index (χ4v) is 10.8. The zero-order chi connectivity index (χ0) is 46.5. The molecule has 2 atom stereocenters. The molecular formula is C53H66N6O7S. The SMILES string of the molecule is CCOc1ccccc1-n1c(CN2CCN(C(=O)COc3ccc(CSCCCCCCN4C5CCCC4CC(OC(=O)Nc4cc(C)ccc4OC)C5)cc3)CC2)nc2ccccc2c1=O. The molecule has 67 heavy (non-hydrogen) atoms. The van der Waals surface area contributed by atoms with E-state index in [0.29, 0.717) is 96.8 Å². The number of benzene rings is 4. The number of unbranched alkanes of at least 4 members (excludes halogenated alkanes) is 3. The number of amides is 2. The van der Waals surface area contributed by atoms with E-state index in [1.807, 2.05) is 109 Å². The van der Waals surface area contributed by atoms with E-state index in [0.717, 1.165) is 36.5 Å². The van der Waals surface area contributed by atoms with Gasteiger partial charge in [0.1, 0.15) is 29.2 Å². The third-order valence-electron chi connectivity index (χ3n) is 13.3. The normalized spacial score (nSPS) is 18.7. The summed E-state index contributed by atoms with van der Waals surface area (Å²) in [5.41, 5.74) is 4.14. The fourth-order valence-electron chi connectivity index (χ4n) is 9.87. The number of nitrogens with one attached hydrogen (secondary N) is 1. The summed E-state index contributed by atoms with van der Waals surface area (Å²) in [5, 5.41) is 3.46. The number of piperazine rings is 1. The molecule has 1 aromatic heterocycles. The fraction of sp³-hybridized carbons (Fsp3) is 0.472. The number of anilines is 1. The maximum atomic E-state index is 13.9. The summed E-state index contributed by atoms with van der Waals surface area (Å²) in [6.07, 6.45) is 9.83. The third-order valence-corrected chi connectivity index (χ3v) is 14.4. The molecule has 1 N–H and O–H groups in total. The highest BCUT2D eigenvalue weighted by Gasteiger charge is 2.39. The minimum atomic E-state index is -0.402. The van der Waals surface area contributed by atoms with Crippen molar-refractivity contribution in [2.24, 2.45) is 0 Å². The molecule has 4 heterocycles. The van der Waals surface area contributed by atoms with Crippen LogP contribution in [0.25, 0.3) is 16.6 Å². The van der Waals surface area contributed by atoms with Crippen molar-refractivity contribution >= 4 is 40.4 Å². The smallest absolute Gasteiger partial charge is 0.412 e. The predicted molar refractivity (Wildman–Crippen MR) is 266 cm³/mol. The van der Waals surface area contributed by atoms with Crippen molar-refractivity contribution in [3.63, 3.8) is 0 Å². The maximum Gasteiger partial charge on any atom is 0.412 e. The molecule has 3 saturated heterocycles. The molecule has 8 rings (SSSR count). The van der Waals surface area contributed by atoms with Crippen molar-refractivity contribution < 1.29 is 28.5 Å². The molecule has 2 unspecified atom stereocenters. The molecule has 14 heteroatoms. The van der Waals surface area contributed by atoms with Crippen LogP contribution in [-0.2, 0) is 21.8 Å². The van der Waals surface area contributed by atoms with Gasteiger partial charge in [0.15, 0.2) is 6.61 Å². The lowest BCUT2D eigenvalue weighted by Gasteiger charge is -2.48. The number of aryl methyl sites for hydroxylation is 1. The number of nitrogens with zero attached hydrogens (tertiary/aromatic N) is 5. The van der Waals surface area contributed by atoms with Gasteiger partial charge in [-0.25, -0.2) is 9.78 Å². The van der Waals surface area contributed by atoms with Gasteiger partial charge in [0.25, 0.3) is 11.5 Å². The number of fused-ring (bicyclic) bond motifs is 3. The van der Waals surface area contributed by atoms with Crippen LogP contribution in [0.3, 0.4) is 0 Å². The van der Waals surface area contributed by atoms with Crippen molar-refractivity contribution in [2.75, 3.05) is 64.1 Å². The molecule has 3 aliphatic rings. The Morgan fingerprint density at radius 1 is 0.836 bits per heavy atom. The number of aromatic nitrogens is 2. The largest absolute Gasteiger partial charge is 0.495 e. The van der Waals surface area contributed by atoms with E-state index in [4.69, 9.17) is 23.9 Å². The van der Waals surface area contributed by atoms with Crippen LogP contribution in [0.15, 0.2) is 95.8 Å². The van der Waals surface area contributed by atoms with Crippen LogP contribution in [0, 0.1) is 6.92 Å². The second-order valence-electron chi connectivity index (χ2n) is 17.9. The second-order valence-corrected chi connectivity index (χ2v) is 19.1. The molecule has 5 aromatic rings. The number of ether oxygens (including phenoxy) is 4. The summed E-state index contributed by atoms with van der Waals surface area (Å²) in [6.45, 7) is 8.41. The summed E-state index contributed by atoms with van der Waals surface area (Å²) >= 11 is 1.96. The van der Waals surface area contributed by atoms with Gasteiger partial charge in [-0.2, -0.15) is 11.8 Å². The topological polar surface area (TPSA) is 128 Å². The molecule has 2 amide bonds. The summed E-state index contributed by atoms with van der Waals surface area (Å²) in [7, 11) is 1.61. The molecule has 3 fully saturated rings. The summed E-state index contributed by atoms with van der Waals surface area (Å²) in [6, 6.07) is 29.8. The van der Waals surface area contributed by atoms with E-state index in [2.05, 4.69) is 27.2 Å². The molecule has 0 saturated carbocycles. The van der Waals surface area contributed by atoms with Crippen LogP contribution in [0.1, 0.15) is 81.7 Å². The summed E-state index contributed by atoms with van der Waals surface area (Å²) in [4.78, 5) is 51.7. The highest BCUT2D eigenvalue weighted by molar-refractivity contribution is 7.98. The number of methoxy groups -OCH3 is 1. The number of carbonyl (C=O) groups excluding carboxylic acids is 2. The van der Waals surface area contributed by atoms with E-state index in [1.54, 1.807) is 11.7 Å². The lowest BCUT2D eigenvalue weighted by molar-refractivity contribution is -0.135. The second kappa shape index (κ2) is 23.4. The molecule has 356 valence electrons. The number of thioether (sulfide) groups is 1. The number of hydrogen-bond acceptors (Lipinski definition) is 11. The lowest BCUT2D eigenvalue weighted by Crippen LogP contribution is -2.54. The van der Waals surface area contributed by atoms with Gasteiger partial charge in [-0.15, -0.1) is 0 Å². The first kappa shape index (κ1) is 47.9. The van der Waals surface area contributed by atoms with Crippen molar-refractivity contribution in [1.29, 1.82) is 0 Å². The van der Waals surface area contributed by atoms with Gasteiger partial charge in [0, 0.05) is 56.9 Å². The van der Waals surface area contributed by atoms with Crippen LogP contribution >= 0.6 is 11.8 Å². The van der Waals surface area contributed by atoms with Crippen molar-refractivity contribution in [3.05, 3.63) is 118 Å². The van der Waals surface area contributed by atoms with Gasteiger partial charge in [-0.05, 0) is 111 Å². The maximum absolute atomic E-state index is 13.9. The van der Waals surface area contributed by atoms with E-state index in [-0.39, 0.29) is 24.2 Å². The van der Waals surface area contributed by atoms with E-state index in [9.17, 15) is 14.4 Å². The van der Waals surface area contributed by atoms with Gasteiger partial charge >= 0.3 is 6.09 Å². The third kappa shape index (κ3) is 12.5. The Balaban J connectivity index is 0.703. The first-order valence-corrected chi connectivity index (χ1v) is 25.3. The molecule has 0 radical (unpaired) electrons. The lowest BCUT2D eigenvalue weighted by atomic mass is 9.82. The van der Waals surface area contributed by atoms with E-state index >= 15 is 0 Å². The van der Waals surface area contributed by atoms with Crippen LogP contribution in [0.2, 0.25) is 0 Å². The summed E-state index contributed by atoms with van der Waals surface area (Å²) < 4.78 is 24.9. The number of carbonyl (C=O) groups is 2. The Labute approximate surface area is 399 Å². The highest BCUT2D eigenvalue weighted by Crippen LogP contribution is 2.36.